The molecule has 88 valence electrons. The zero-order valence-electron chi connectivity index (χ0n) is 9.94. The lowest BCUT2D eigenvalue weighted by atomic mass is 10.3. The molecule has 0 heterocycles. The van der Waals surface area contributed by atoms with Gasteiger partial charge in [-0.2, -0.15) is 0 Å². The molecule has 0 radical (unpaired) electrons. The predicted octanol–water partition coefficient (Wildman–Crippen LogP) is 2.33. The van der Waals surface area contributed by atoms with E-state index in [1.165, 1.54) is 5.30 Å². The van der Waals surface area contributed by atoms with E-state index in [1.807, 2.05) is 18.2 Å². The second-order valence-corrected chi connectivity index (χ2v) is 4.90. The van der Waals surface area contributed by atoms with Crippen LogP contribution in [0.1, 0.15) is 0 Å². The number of para-hydroxylation sites is 1. The summed E-state index contributed by atoms with van der Waals surface area (Å²) in [6.07, 6.45) is 0. The lowest BCUT2D eigenvalue weighted by Crippen LogP contribution is -2.07. The van der Waals surface area contributed by atoms with Gasteiger partial charge in [0.25, 0.3) is 0 Å². The molecule has 3 heteroatoms. The van der Waals surface area contributed by atoms with Crippen LogP contribution in [0, 0.1) is 0 Å². The Bertz CT molecular complexity index is 483. The van der Waals surface area contributed by atoms with Crippen molar-refractivity contribution in [2.75, 3.05) is 14.2 Å². The molecule has 0 amide bonds. The fourth-order valence-electron chi connectivity index (χ4n) is 1.66. The van der Waals surface area contributed by atoms with Crippen molar-refractivity contribution in [1.82, 2.24) is 0 Å². The van der Waals surface area contributed by atoms with Gasteiger partial charge >= 0.3 is 0 Å². The van der Waals surface area contributed by atoms with E-state index in [0.29, 0.717) is 8.58 Å². The summed E-state index contributed by atoms with van der Waals surface area (Å²) < 4.78 is 10.7. The van der Waals surface area contributed by atoms with Gasteiger partial charge in [0.05, 0.1) is 14.2 Å². The smallest absolute Gasteiger partial charge is 0.168 e. The van der Waals surface area contributed by atoms with E-state index < -0.39 is 0 Å². The lowest BCUT2D eigenvalue weighted by Gasteiger charge is -2.12. The molecule has 0 aliphatic rings. The monoisotopic (exact) mass is 246 g/mol. The summed E-state index contributed by atoms with van der Waals surface area (Å²) in [7, 11) is 3.91. The lowest BCUT2D eigenvalue weighted by molar-refractivity contribution is 0.357. The Labute approximate surface area is 103 Å². The summed E-state index contributed by atoms with van der Waals surface area (Å²) in [5.74, 6) is 1.62. The quantitative estimate of drug-likeness (QED) is 0.771. The maximum atomic E-state index is 5.42. The van der Waals surface area contributed by atoms with E-state index in [0.717, 1.165) is 16.8 Å². The molecule has 0 N–H and O–H groups in total. The highest BCUT2D eigenvalue weighted by Crippen LogP contribution is 2.28. The summed E-state index contributed by atoms with van der Waals surface area (Å²) in [5.41, 5.74) is 0. The summed E-state index contributed by atoms with van der Waals surface area (Å²) >= 11 is 0. The Morgan fingerprint density at radius 3 is 2.24 bits per heavy atom. The topological polar surface area (TPSA) is 18.5 Å². The van der Waals surface area contributed by atoms with E-state index in [-0.39, 0.29) is 0 Å². The van der Waals surface area contributed by atoms with Crippen LogP contribution in [-0.2, 0) is 0 Å². The standard InChI is InChI=1S/C14H15O2P/c1-15-12-9-6-10-13(14(12)16-2)17-11-7-4-3-5-8-11/h3-10,17H,1-2H3. The van der Waals surface area contributed by atoms with Crippen LogP contribution in [0.4, 0.5) is 0 Å². The highest BCUT2D eigenvalue weighted by molar-refractivity contribution is 7.55. The molecule has 2 aromatic rings. The van der Waals surface area contributed by atoms with Gasteiger partial charge in [-0.15, -0.1) is 0 Å². The molecule has 0 spiro atoms. The molecule has 1 unspecified atom stereocenters. The second-order valence-electron chi connectivity index (χ2n) is 3.53. The van der Waals surface area contributed by atoms with E-state index >= 15 is 0 Å². The Morgan fingerprint density at radius 2 is 1.59 bits per heavy atom. The van der Waals surface area contributed by atoms with Gasteiger partial charge < -0.3 is 9.47 Å². The summed E-state index contributed by atoms with van der Waals surface area (Å²) in [6.45, 7) is 0. The highest BCUT2D eigenvalue weighted by Gasteiger charge is 2.09. The summed E-state index contributed by atoms with van der Waals surface area (Å²) in [6, 6.07) is 16.4. The fraction of sp³-hybridized carbons (Fsp3) is 0.143. The molecule has 1 atom stereocenters. The van der Waals surface area contributed by atoms with Crippen LogP contribution >= 0.6 is 8.58 Å². The van der Waals surface area contributed by atoms with Gasteiger partial charge in [0, 0.05) is 5.30 Å². The van der Waals surface area contributed by atoms with Crippen molar-refractivity contribution in [1.29, 1.82) is 0 Å². The largest absolute Gasteiger partial charge is 0.493 e. The van der Waals surface area contributed by atoms with Crippen molar-refractivity contribution < 1.29 is 9.47 Å². The maximum absolute atomic E-state index is 5.42. The minimum absolute atomic E-state index is 0.577. The Kier molecular flexibility index (Phi) is 4.00. The summed E-state index contributed by atoms with van der Waals surface area (Å²) in [4.78, 5) is 0. The van der Waals surface area contributed by atoms with Gasteiger partial charge in [0.1, 0.15) is 0 Å². The van der Waals surface area contributed by atoms with E-state index in [2.05, 4.69) is 30.3 Å². The van der Waals surface area contributed by atoms with Gasteiger partial charge in [-0.3, -0.25) is 0 Å². The fourth-order valence-corrected chi connectivity index (χ4v) is 2.85. The van der Waals surface area contributed by atoms with Crippen LogP contribution in [0.15, 0.2) is 48.5 Å². The van der Waals surface area contributed by atoms with Crippen LogP contribution in [0.2, 0.25) is 0 Å². The third-order valence-electron chi connectivity index (χ3n) is 2.46. The van der Waals surface area contributed by atoms with Crippen molar-refractivity contribution in [3.8, 4) is 11.5 Å². The van der Waals surface area contributed by atoms with Gasteiger partial charge in [-0.1, -0.05) is 51.0 Å². The molecule has 17 heavy (non-hydrogen) atoms. The van der Waals surface area contributed by atoms with E-state index in [9.17, 15) is 0 Å². The minimum Gasteiger partial charge on any atom is -0.493 e. The molecule has 2 nitrogen and oxygen atoms in total. The molecule has 0 fully saturated rings. The third kappa shape index (κ3) is 2.78. The van der Waals surface area contributed by atoms with Crippen molar-refractivity contribution in [3.05, 3.63) is 48.5 Å². The van der Waals surface area contributed by atoms with Gasteiger partial charge in [0.15, 0.2) is 11.5 Å². The second kappa shape index (κ2) is 5.70. The molecule has 0 aromatic heterocycles. The Balaban J connectivity index is 2.33. The first kappa shape index (κ1) is 11.9. The SMILES string of the molecule is COc1cccc(Pc2ccccc2)c1OC. The zero-order valence-corrected chi connectivity index (χ0v) is 10.9. The molecular formula is C14H15O2P. The molecule has 2 aromatic carbocycles. The van der Waals surface area contributed by atoms with Crippen LogP contribution in [0.25, 0.3) is 0 Å². The zero-order chi connectivity index (χ0) is 12.1. The number of hydrogen-bond acceptors (Lipinski definition) is 2. The highest BCUT2D eigenvalue weighted by atomic mass is 31.1. The molecule has 0 saturated carbocycles. The summed E-state index contributed by atoms with van der Waals surface area (Å²) in [5, 5.41) is 2.46. The number of rotatable bonds is 4. The first-order valence-corrected chi connectivity index (χ1v) is 6.38. The van der Waals surface area contributed by atoms with Crippen molar-refractivity contribution in [2.24, 2.45) is 0 Å². The van der Waals surface area contributed by atoms with Crippen LogP contribution in [-0.4, -0.2) is 14.2 Å². The molecule has 0 saturated heterocycles. The Hall–Kier alpha value is -1.53. The normalized spacial score (nSPS) is 10.7. The van der Waals surface area contributed by atoms with Crippen molar-refractivity contribution >= 4 is 19.2 Å². The molecule has 0 aliphatic heterocycles. The maximum Gasteiger partial charge on any atom is 0.168 e. The van der Waals surface area contributed by atoms with E-state index in [4.69, 9.17) is 9.47 Å². The molecule has 0 bridgehead atoms. The van der Waals surface area contributed by atoms with Gasteiger partial charge in [-0.05, 0) is 11.4 Å². The first-order valence-electron chi connectivity index (χ1n) is 5.38. The molecular weight excluding hydrogens is 231 g/mol. The third-order valence-corrected chi connectivity index (χ3v) is 3.74. The number of methoxy groups -OCH3 is 2. The van der Waals surface area contributed by atoms with Crippen molar-refractivity contribution in [2.45, 2.75) is 0 Å². The van der Waals surface area contributed by atoms with Crippen LogP contribution < -0.4 is 20.1 Å². The number of benzene rings is 2. The average Bonchev–Trinajstić information content (AvgIpc) is 2.39. The minimum atomic E-state index is 0.577. The van der Waals surface area contributed by atoms with Gasteiger partial charge in [0.2, 0.25) is 0 Å². The number of hydrogen-bond donors (Lipinski definition) is 0. The van der Waals surface area contributed by atoms with Crippen LogP contribution in [0.5, 0.6) is 11.5 Å². The molecule has 2 rings (SSSR count). The number of ether oxygens (including phenoxy) is 2. The predicted molar refractivity (Wildman–Crippen MR) is 73.6 cm³/mol. The van der Waals surface area contributed by atoms with Gasteiger partial charge in [-0.25, -0.2) is 0 Å². The Morgan fingerprint density at radius 1 is 0.824 bits per heavy atom. The molecule has 0 aliphatic carbocycles. The first-order chi connectivity index (χ1) is 8.35. The van der Waals surface area contributed by atoms with E-state index in [1.54, 1.807) is 14.2 Å². The van der Waals surface area contributed by atoms with Crippen molar-refractivity contribution in [3.63, 3.8) is 0 Å². The van der Waals surface area contributed by atoms with Crippen LogP contribution in [0.3, 0.4) is 0 Å². The average molecular weight is 246 g/mol.